The number of hydrogen-bond acceptors (Lipinski definition) is 2. The molecule has 2 aromatic carbocycles. The molecule has 0 saturated heterocycles. The van der Waals surface area contributed by atoms with Gasteiger partial charge in [0.15, 0.2) is 0 Å². The Morgan fingerprint density at radius 2 is 1.86 bits per heavy atom. The van der Waals surface area contributed by atoms with Crippen molar-refractivity contribution in [3.05, 3.63) is 58.1 Å². The average Bonchev–Trinajstić information content (AvgIpc) is 2.75. The van der Waals surface area contributed by atoms with Crippen molar-refractivity contribution in [2.45, 2.75) is 26.3 Å². The summed E-state index contributed by atoms with van der Waals surface area (Å²) in [4.78, 5) is 4.43. The van der Waals surface area contributed by atoms with Crippen LogP contribution >= 0.6 is 15.9 Å². The number of fused-ring (bicyclic) bond motifs is 1. The lowest BCUT2D eigenvalue weighted by Gasteiger charge is -2.09. The van der Waals surface area contributed by atoms with Crippen molar-refractivity contribution in [1.82, 2.24) is 9.55 Å². The number of aromatic nitrogens is 2. The number of rotatable bonds is 3. The minimum atomic E-state index is 0.551. The SMILES string of the molecule is CC(C)c1ccc(Cn2c(N)nc3cc(Br)ccc32)cc1. The molecule has 1 aromatic heterocycles. The van der Waals surface area contributed by atoms with Crippen molar-refractivity contribution in [3.8, 4) is 0 Å². The van der Waals surface area contributed by atoms with Gasteiger partial charge in [0.1, 0.15) is 0 Å². The summed E-state index contributed by atoms with van der Waals surface area (Å²) in [6, 6.07) is 14.8. The highest BCUT2D eigenvalue weighted by Gasteiger charge is 2.09. The predicted octanol–water partition coefficient (Wildman–Crippen LogP) is 4.55. The second kappa shape index (κ2) is 5.53. The Labute approximate surface area is 132 Å². The molecule has 2 N–H and O–H groups in total. The summed E-state index contributed by atoms with van der Waals surface area (Å²) >= 11 is 3.46. The van der Waals surface area contributed by atoms with Crippen molar-refractivity contribution in [2.75, 3.05) is 5.73 Å². The third-order valence-electron chi connectivity index (χ3n) is 3.73. The molecule has 0 atom stereocenters. The summed E-state index contributed by atoms with van der Waals surface area (Å²) in [6.07, 6.45) is 0. The Balaban J connectivity index is 1.96. The Morgan fingerprint density at radius 1 is 1.14 bits per heavy atom. The van der Waals surface area contributed by atoms with Crippen LogP contribution in [0.4, 0.5) is 5.95 Å². The van der Waals surface area contributed by atoms with Crippen LogP contribution in [0.3, 0.4) is 0 Å². The monoisotopic (exact) mass is 343 g/mol. The predicted molar refractivity (Wildman–Crippen MR) is 91.5 cm³/mol. The fraction of sp³-hybridized carbons (Fsp3) is 0.235. The van der Waals surface area contributed by atoms with Gasteiger partial charge in [0, 0.05) is 4.47 Å². The normalized spacial score (nSPS) is 11.4. The van der Waals surface area contributed by atoms with Crippen LogP contribution < -0.4 is 5.73 Å². The van der Waals surface area contributed by atoms with Gasteiger partial charge in [-0.05, 0) is 35.2 Å². The Bertz CT molecular complexity index is 773. The van der Waals surface area contributed by atoms with Gasteiger partial charge in [-0.2, -0.15) is 0 Å². The molecule has 0 bridgehead atoms. The standard InChI is InChI=1S/C17H18BrN3/c1-11(2)13-5-3-12(4-6-13)10-21-16-8-7-14(18)9-15(16)20-17(21)19/h3-9,11H,10H2,1-2H3,(H2,19,20). The molecule has 0 spiro atoms. The zero-order valence-corrected chi connectivity index (χ0v) is 13.8. The number of benzene rings is 2. The Kier molecular flexibility index (Phi) is 3.72. The Hall–Kier alpha value is -1.81. The number of nitrogen functional groups attached to an aromatic ring is 1. The third-order valence-corrected chi connectivity index (χ3v) is 4.22. The first kappa shape index (κ1) is 14.1. The number of nitrogens with two attached hydrogens (primary N) is 1. The van der Waals surface area contributed by atoms with Gasteiger partial charge in [0.25, 0.3) is 0 Å². The van der Waals surface area contributed by atoms with Crippen LogP contribution in [0.1, 0.15) is 30.9 Å². The number of nitrogens with zero attached hydrogens (tertiary/aromatic N) is 2. The van der Waals surface area contributed by atoms with Crippen LogP contribution in [0.5, 0.6) is 0 Å². The molecule has 21 heavy (non-hydrogen) atoms. The summed E-state index contributed by atoms with van der Waals surface area (Å²) < 4.78 is 3.06. The smallest absolute Gasteiger partial charge is 0.201 e. The van der Waals surface area contributed by atoms with Gasteiger partial charge < -0.3 is 10.3 Å². The zero-order chi connectivity index (χ0) is 15.0. The second-order valence-corrected chi connectivity index (χ2v) is 6.50. The molecule has 108 valence electrons. The molecule has 3 nitrogen and oxygen atoms in total. The van der Waals surface area contributed by atoms with E-state index in [-0.39, 0.29) is 0 Å². The molecule has 1 heterocycles. The van der Waals surface area contributed by atoms with Gasteiger partial charge in [-0.15, -0.1) is 0 Å². The van der Waals surface area contributed by atoms with Crippen molar-refractivity contribution < 1.29 is 0 Å². The summed E-state index contributed by atoms with van der Waals surface area (Å²) in [5.74, 6) is 1.10. The molecule has 0 amide bonds. The molecule has 0 fully saturated rings. The molecule has 0 radical (unpaired) electrons. The molecule has 4 heteroatoms. The number of anilines is 1. The van der Waals surface area contributed by atoms with Gasteiger partial charge in [0.2, 0.25) is 5.95 Å². The topological polar surface area (TPSA) is 43.8 Å². The summed E-state index contributed by atoms with van der Waals surface area (Å²) in [7, 11) is 0. The van der Waals surface area contributed by atoms with E-state index >= 15 is 0 Å². The molecule has 0 aliphatic carbocycles. The largest absolute Gasteiger partial charge is 0.369 e. The zero-order valence-electron chi connectivity index (χ0n) is 12.2. The lowest BCUT2D eigenvalue weighted by molar-refractivity contribution is 0.830. The van der Waals surface area contributed by atoms with Crippen LogP contribution in [0.2, 0.25) is 0 Å². The van der Waals surface area contributed by atoms with Crippen LogP contribution in [-0.2, 0) is 6.54 Å². The molecule has 0 aliphatic rings. The van der Waals surface area contributed by atoms with E-state index in [1.165, 1.54) is 11.1 Å². The van der Waals surface area contributed by atoms with E-state index in [9.17, 15) is 0 Å². The van der Waals surface area contributed by atoms with Crippen LogP contribution in [0.15, 0.2) is 46.9 Å². The third kappa shape index (κ3) is 2.81. The first-order valence-electron chi connectivity index (χ1n) is 7.04. The fourth-order valence-electron chi connectivity index (χ4n) is 2.48. The van der Waals surface area contributed by atoms with Crippen molar-refractivity contribution >= 4 is 32.9 Å². The fourth-order valence-corrected chi connectivity index (χ4v) is 2.83. The van der Waals surface area contributed by atoms with E-state index in [1.807, 2.05) is 22.8 Å². The maximum Gasteiger partial charge on any atom is 0.201 e. The van der Waals surface area contributed by atoms with Crippen LogP contribution in [-0.4, -0.2) is 9.55 Å². The van der Waals surface area contributed by atoms with Gasteiger partial charge >= 0.3 is 0 Å². The van der Waals surface area contributed by atoms with E-state index < -0.39 is 0 Å². The van der Waals surface area contributed by atoms with Gasteiger partial charge in [0.05, 0.1) is 17.6 Å². The summed E-state index contributed by atoms with van der Waals surface area (Å²) in [5, 5.41) is 0. The minimum absolute atomic E-state index is 0.551. The minimum Gasteiger partial charge on any atom is -0.369 e. The van der Waals surface area contributed by atoms with Crippen LogP contribution in [0.25, 0.3) is 11.0 Å². The molecular weight excluding hydrogens is 326 g/mol. The second-order valence-electron chi connectivity index (χ2n) is 5.59. The Morgan fingerprint density at radius 3 is 2.52 bits per heavy atom. The van der Waals surface area contributed by atoms with Crippen molar-refractivity contribution in [3.63, 3.8) is 0 Å². The highest BCUT2D eigenvalue weighted by atomic mass is 79.9. The lowest BCUT2D eigenvalue weighted by atomic mass is 10.0. The van der Waals surface area contributed by atoms with Gasteiger partial charge in [-0.3, -0.25) is 0 Å². The lowest BCUT2D eigenvalue weighted by Crippen LogP contribution is -2.04. The molecule has 0 saturated carbocycles. The molecule has 0 unspecified atom stereocenters. The number of halogens is 1. The van der Waals surface area contributed by atoms with Crippen molar-refractivity contribution in [1.29, 1.82) is 0 Å². The van der Waals surface area contributed by atoms with E-state index in [0.29, 0.717) is 11.9 Å². The van der Waals surface area contributed by atoms with Crippen LogP contribution in [0, 0.1) is 0 Å². The van der Waals surface area contributed by atoms with E-state index in [0.717, 1.165) is 22.1 Å². The van der Waals surface area contributed by atoms with E-state index in [1.54, 1.807) is 0 Å². The maximum atomic E-state index is 6.07. The quantitative estimate of drug-likeness (QED) is 0.757. The molecule has 3 rings (SSSR count). The van der Waals surface area contributed by atoms with E-state index in [4.69, 9.17) is 5.73 Å². The average molecular weight is 344 g/mol. The maximum absolute atomic E-state index is 6.07. The summed E-state index contributed by atoms with van der Waals surface area (Å²) in [5.41, 5.74) is 10.6. The first-order chi connectivity index (χ1) is 10.0. The van der Waals surface area contributed by atoms with Crippen molar-refractivity contribution in [2.24, 2.45) is 0 Å². The van der Waals surface area contributed by atoms with Gasteiger partial charge in [-0.25, -0.2) is 4.98 Å². The molecule has 3 aromatic rings. The number of hydrogen-bond donors (Lipinski definition) is 1. The number of imidazole rings is 1. The molecular formula is C17H18BrN3. The highest BCUT2D eigenvalue weighted by molar-refractivity contribution is 9.10. The van der Waals surface area contributed by atoms with Gasteiger partial charge in [-0.1, -0.05) is 54.0 Å². The van der Waals surface area contributed by atoms with E-state index in [2.05, 4.69) is 59.0 Å². The molecule has 0 aliphatic heterocycles. The summed E-state index contributed by atoms with van der Waals surface area (Å²) in [6.45, 7) is 5.14. The highest BCUT2D eigenvalue weighted by Crippen LogP contribution is 2.23. The first-order valence-corrected chi connectivity index (χ1v) is 7.84.